The summed E-state index contributed by atoms with van der Waals surface area (Å²) in [6, 6.07) is 12.6. The predicted molar refractivity (Wildman–Crippen MR) is 105 cm³/mol. The normalized spacial score (nSPS) is 15.9. The zero-order valence-corrected chi connectivity index (χ0v) is 16.4. The lowest BCUT2D eigenvalue weighted by Crippen LogP contribution is -2.24. The van der Waals surface area contributed by atoms with E-state index in [1.54, 1.807) is 30.3 Å². The highest BCUT2D eigenvalue weighted by atomic mass is 32.2. The summed E-state index contributed by atoms with van der Waals surface area (Å²) >= 11 is 0. The molecule has 0 radical (unpaired) electrons. The number of carbonyl (C=O) groups excluding carboxylic acids is 1. The quantitative estimate of drug-likeness (QED) is 0.595. The Morgan fingerprint density at radius 3 is 2.79 bits per heavy atom. The number of halogens is 1. The fraction of sp³-hybridized carbons (Fsp3) is 0.200. The van der Waals surface area contributed by atoms with Crippen LogP contribution >= 0.6 is 0 Å². The summed E-state index contributed by atoms with van der Waals surface area (Å²) < 4.78 is 40.1. The van der Waals surface area contributed by atoms with Gasteiger partial charge in [0.15, 0.2) is 15.7 Å². The van der Waals surface area contributed by atoms with Gasteiger partial charge in [-0.1, -0.05) is 30.3 Å². The smallest absolute Gasteiger partial charge is 0.230 e. The molecule has 0 bridgehead atoms. The molecular formula is C20H19FN4O3S. The molecule has 0 saturated carbocycles. The van der Waals surface area contributed by atoms with Crippen molar-refractivity contribution in [2.24, 2.45) is 0 Å². The number of carbonyl (C=O) groups is 1. The number of aromatic nitrogens is 2. The number of amides is 1. The molecule has 9 heteroatoms. The summed E-state index contributed by atoms with van der Waals surface area (Å²) in [6.07, 6.45) is -0.184. The van der Waals surface area contributed by atoms with E-state index in [9.17, 15) is 17.6 Å². The lowest BCUT2D eigenvalue weighted by molar-refractivity contribution is -0.115. The van der Waals surface area contributed by atoms with Gasteiger partial charge in [-0.15, -0.1) is 0 Å². The first-order valence-electron chi connectivity index (χ1n) is 9.00. The maximum absolute atomic E-state index is 13.8. The van der Waals surface area contributed by atoms with Crippen LogP contribution in [-0.2, 0) is 27.6 Å². The van der Waals surface area contributed by atoms with E-state index in [2.05, 4.69) is 20.8 Å². The van der Waals surface area contributed by atoms with Crippen molar-refractivity contribution in [2.45, 2.75) is 30.2 Å². The van der Waals surface area contributed by atoms with Crippen LogP contribution in [0.2, 0.25) is 0 Å². The van der Waals surface area contributed by atoms with Gasteiger partial charge in [0.2, 0.25) is 5.91 Å². The van der Waals surface area contributed by atoms with Crippen LogP contribution in [0.3, 0.4) is 0 Å². The zero-order chi connectivity index (χ0) is 20.6. The second-order valence-corrected chi connectivity index (χ2v) is 8.94. The van der Waals surface area contributed by atoms with Crippen molar-refractivity contribution in [3.8, 4) is 0 Å². The molecule has 1 aliphatic heterocycles. The van der Waals surface area contributed by atoms with Crippen LogP contribution < -0.4 is 10.6 Å². The topological polar surface area (TPSA) is 104 Å². The van der Waals surface area contributed by atoms with Crippen LogP contribution in [0.1, 0.15) is 27.8 Å². The third kappa shape index (κ3) is 3.66. The van der Waals surface area contributed by atoms with Crippen molar-refractivity contribution in [1.29, 1.82) is 0 Å². The van der Waals surface area contributed by atoms with Gasteiger partial charge in [-0.05, 0) is 36.2 Å². The van der Waals surface area contributed by atoms with E-state index in [1.807, 2.05) is 13.0 Å². The fourth-order valence-corrected chi connectivity index (χ4v) is 5.14. The number of nitrogens with zero attached hydrogens (tertiary/aromatic N) is 1. The zero-order valence-electron chi connectivity index (χ0n) is 15.6. The van der Waals surface area contributed by atoms with Gasteiger partial charge in [-0.3, -0.25) is 15.2 Å². The summed E-state index contributed by atoms with van der Waals surface area (Å²) in [6.45, 7) is 2.10. The summed E-state index contributed by atoms with van der Waals surface area (Å²) in [4.78, 5) is 12.6. The molecule has 0 spiro atoms. The van der Waals surface area contributed by atoms with Gasteiger partial charge in [0.25, 0.3) is 0 Å². The van der Waals surface area contributed by atoms with Crippen molar-refractivity contribution in [3.63, 3.8) is 0 Å². The van der Waals surface area contributed by atoms with E-state index in [1.165, 1.54) is 12.1 Å². The number of hydrogen-bond donors (Lipinski definition) is 3. The molecule has 4 rings (SSSR count). The lowest BCUT2D eigenvalue weighted by Gasteiger charge is -2.15. The third-order valence-corrected chi connectivity index (χ3v) is 6.74. The highest BCUT2D eigenvalue weighted by Crippen LogP contribution is 2.37. The van der Waals surface area contributed by atoms with Crippen LogP contribution in [-0.4, -0.2) is 24.5 Å². The second-order valence-electron chi connectivity index (χ2n) is 6.90. The van der Waals surface area contributed by atoms with Gasteiger partial charge >= 0.3 is 0 Å². The minimum absolute atomic E-state index is 0.132. The Labute approximate surface area is 167 Å². The number of sulfone groups is 1. The first-order chi connectivity index (χ1) is 13.9. The van der Waals surface area contributed by atoms with Gasteiger partial charge < -0.3 is 5.32 Å². The van der Waals surface area contributed by atoms with Crippen molar-refractivity contribution in [2.75, 3.05) is 5.32 Å². The average molecular weight is 414 g/mol. The number of rotatable bonds is 5. The largest absolute Gasteiger partial charge is 0.309 e. The molecule has 2 heterocycles. The van der Waals surface area contributed by atoms with Crippen molar-refractivity contribution >= 4 is 21.6 Å². The molecule has 2 aromatic carbocycles. The molecule has 3 N–H and O–H groups in total. The van der Waals surface area contributed by atoms with E-state index in [4.69, 9.17) is 0 Å². The Morgan fingerprint density at radius 1 is 1.24 bits per heavy atom. The van der Waals surface area contributed by atoms with Gasteiger partial charge in [-0.25, -0.2) is 12.8 Å². The van der Waals surface area contributed by atoms with Crippen molar-refractivity contribution < 1.29 is 17.6 Å². The number of fused-ring (bicyclic) bond motifs is 1. The van der Waals surface area contributed by atoms with Crippen LogP contribution in [0.4, 0.5) is 10.2 Å². The molecule has 1 atom stereocenters. The summed E-state index contributed by atoms with van der Waals surface area (Å²) in [5.74, 6) is -0.827. The molecule has 0 saturated heterocycles. The molecule has 29 heavy (non-hydrogen) atoms. The van der Waals surface area contributed by atoms with Gasteiger partial charge in [0.1, 0.15) is 11.2 Å². The predicted octanol–water partition coefficient (Wildman–Crippen LogP) is 2.61. The standard InChI is InChI=1S/C20H19FN4O3S/c1-12-5-4-7-14(9-12)29(27,28)20-18-16(11-22-20)24-25-19(18)23-17(26)10-13-6-2-3-8-15(13)21/h2-9,20,22H,10-11H2,1H3,(H2,23,24,25,26). The molecule has 1 aromatic heterocycles. The van der Waals surface area contributed by atoms with Gasteiger partial charge in [0.05, 0.1) is 22.6 Å². The molecular weight excluding hydrogens is 395 g/mol. The fourth-order valence-electron chi connectivity index (χ4n) is 3.38. The number of benzene rings is 2. The average Bonchev–Trinajstić information content (AvgIpc) is 3.27. The maximum Gasteiger partial charge on any atom is 0.230 e. The molecule has 1 aliphatic rings. The molecule has 0 fully saturated rings. The van der Waals surface area contributed by atoms with E-state index >= 15 is 0 Å². The van der Waals surface area contributed by atoms with E-state index in [-0.39, 0.29) is 29.2 Å². The molecule has 0 aliphatic carbocycles. The van der Waals surface area contributed by atoms with Crippen molar-refractivity contribution in [3.05, 3.63) is 76.7 Å². The number of hydrogen-bond acceptors (Lipinski definition) is 5. The van der Waals surface area contributed by atoms with Crippen LogP contribution in [0, 0.1) is 12.7 Å². The molecule has 1 amide bonds. The number of nitrogens with one attached hydrogen (secondary N) is 3. The minimum Gasteiger partial charge on any atom is -0.309 e. The van der Waals surface area contributed by atoms with E-state index < -0.39 is 26.9 Å². The highest BCUT2D eigenvalue weighted by molar-refractivity contribution is 7.91. The molecule has 7 nitrogen and oxygen atoms in total. The number of aryl methyl sites for hydroxylation is 1. The van der Waals surface area contributed by atoms with E-state index in [0.717, 1.165) is 5.56 Å². The van der Waals surface area contributed by atoms with Crippen LogP contribution in [0.25, 0.3) is 0 Å². The van der Waals surface area contributed by atoms with Gasteiger partial charge in [0, 0.05) is 6.54 Å². The highest BCUT2D eigenvalue weighted by Gasteiger charge is 2.38. The number of aromatic amines is 1. The molecule has 1 unspecified atom stereocenters. The summed E-state index contributed by atoms with van der Waals surface area (Å²) in [7, 11) is -3.75. The Bertz CT molecular complexity index is 1190. The lowest BCUT2D eigenvalue weighted by atomic mass is 10.1. The second kappa shape index (κ2) is 7.41. The number of anilines is 1. The SMILES string of the molecule is Cc1cccc(S(=O)(=O)C2NCc3[nH]nc(NC(=O)Cc4ccccc4F)c32)c1. The van der Waals surface area contributed by atoms with Gasteiger partial charge in [-0.2, -0.15) is 5.10 Å². The number of H-pyrrole nitrogens is 1. The monoisotopic (exact) mass is 414 g/mol. The Hall–Kier alpha value is -3.04. The maximum atomic E-state index is 13.8. The summed E-state index contributed by atoms with van der Waals surface area (Å²) in [5.41, 5.74) is 2.05. The summed E-state index contributed by atoms with van der Waals surface area (Å²) in [5, 5.41) is 11.4. The third-order valence-electron chi connectivity index (χ3n) is 4.80. The van der Waals surface area contributed by atoms with Crippen molar-refractivity contribution in [1.82, 2.24) is 15.5 Å². The Kier molecular flexibility index (Phi) is 4.93. The molecule has 3 aromatic rings. The molecule has 150 valence electrons. The van der Waals surface area contributed by atoms with Crippen LogP contribution in [0.15, 0.2) is 53.4 Å². The van der Waals surface area contributed by atoms with E-state index in [0.29, 0.717) is 11.3 Å². The Morgan fingerprint density at radius 2 is 2.03 bits per heavy atom. The first kappa shape index (κ1) is 19.3. The minimum atomic E-state index is -3.75. The van der Waals surface area contributed by atoms with Crippen LogP contribution in [0.5, 0.6) is 0 Å². The Balaban J connectivity index is 1.60. The first-order valence-corrected chi connectivity index (χ1v) is 10.6.